The van der Waals surface area contributed by atoms with Gasteiger partial charge >= 0.3 is 0 Å². The molecule has 0 N–H and O–H groups in total. The van der Waals surface area contributed by atoms with Crippen LogP contribution >= 0.6 is 0 Å². The number of rotatable bonds is 5. The number of fused-ring (bicyclic) bond motifs is 1. The molecule has 1 saturated heterocycles. The minimum atomic E-state index is -3.59. The molecule has 2 fully saturated rings. The Kier molecular flexibility index (Phi) is 5.38. The van der Waals surface area contributed by atoms with Gasteiger partial charge in [0.25, 0.3) is 11.6 Å². The van der Waals surface area contributed by atoms with Gasteiger partial charge < -0.3 is 9.42 Å². The van der Waals surface area contributed by atoms with Crippen LogP contribution < -0.4 is 0 Å². The monoisotopic (exact) mass is 488 g/mol. The molecule has 2 aromatic heterocycles. The van der Waals surface area contributed by atoms with Gasteiger partial charge in [-0.05, 0) is 31.0 Å². The van der Waals surface area contributed by atoms with Crippen LogP contribution in [-0.4, -0.2) is 59.8 Å². The van der Waals surface area contributed by atoms with Crippen LogP contribution in [-0.2, 0) is 10.0 Å². The number of hydrogen-bond acceptors (Lipinski definition) is 6. The molecule has 178 valence electrons. The van der Waals surface area contributed by atoms with E-state index in [1.807, 2.05) is 36.4 Å². The molecule has 0 bridgehead atoms. The van der Waals surface area contributed by atoms with Gasteiger partial charge in [-0.15, -0.1) is 0 Å². The van der Waals surface area contributed by atoms with Gasteiger partial charge in [0.15, 0.2) is 0 Å². The van der Waals surface area contributed by atoms with Crippen molar-refractivity contribution in [2.75, 3.05) is 26.2 Å². The lowest BCUT2D eigenvalue weighted by molar-refractivity contribution is 0.0699. The van der Waals surface area contributed by atoms with E-state index in [0.717, 1.165) is 24.1 Å². The number of aromatic nitrogens is 2. The highest BCUT2D eigenvalue weighted by Crippen LogP contribution is 2.41. The van der Waals surface area contributed by atoms with E-state index in [9.17, 15) is 13.2 Å². The molecule has 0 spiro atoms. The summed E-state index contributed by atoms with van der Waals surface area (Å²) in [6.45, 7) is 1.09. The van der Waals surface area contributed by atoms with Crippen LogP contribution in [0.15, 0.2) is 76.1 Å². The predicted molar refractivity (Wildman–Crippen MR) is 130 cm³/mol. The van der Waals surface area contributed by atoms with Crippen LogP contribution in [0.25, 0.3) is 22.4 Å². The molecule has 1 saturated carbocycles. The lowest BCUT2D eigenvalue weighted by atomic mass is 10.0. The smallest absolute Gasteiger partial charge is 0.259 e. The molecule has 2 aromatic carbocycles. The number of nitrogens with zero attached hydrogens (tertiary/aromatic N) is 4. The molecule has 1 aliphatic heterocycles. The Balaban J connectivity index is 1.31. The lowest BCUT2D eigenvalue weighted by Gasteiger charge is -2.34. The molecule has 1 aliphatic carbocycles. The molecule has 1 amide bonds. The maximum absolute atomic E-state index is 13.8. The SMILES string of the molecule is O=C(c1cc(C2CC2)nc2onc(-c3ccccc3)c12)N1CCN(S(=O)(=O)c2ccccc2)CC1. The molecule has 0 atom stereocenters. The van der Waals surface area contributed by atoms with E-state index in [1.54, 1.807) is 35.2 Å². The van der Waals surface area contributed by atoms with Crippen molar-refractivity contribution in [3.63, 3.8) is 0 Å². The topological polar surface area (TPSA) is 96.6 Å². The van der Waals surface area contributed by atoms with E-state index >= 15 is 0 Å². The molecule has 0 unspecified atom stereocenters. The van der Waals surface area contributed by atoms with E-state index in [4.69, 9.17) is 4.52 Å². The summed E-state index contributed by atoms with van der Waals surface area (Å²) >= 11 is 0. The minimum absolute atomic E-state index is 0.156. The lowest BCUT2D eigenvalue weighted by Crippen LogP contribution is -2.50. The molecular weight excluding hydrogens is 464 g/mol. The maximum Gasteiger partial charge on any atom is 0.259 e. The van der Waals surface area contributed by atoms with Crippen molar-refractivity contribution >= 4 is 27.0 Å². The van der Waals surface area contributed by atoms with Crippen molar-refractivity contribution in [2.45, 2.75) is 23.7 Å². The first-order valence-electron chi connectivity index (χ1n) is 11.7. The van der Waals surface area contributed by atoms with Gasteiger partial charge in [0.1, 0.15) is 5.69 Å². The highest BCUT2D eigenvalue weighted by Gasteiger charge is 2.34. The van der Waals surface area contributed by atoms with Gasteiger partial charge in [0.05, 0.1) is 15.8 Å². The van der Waals surface area contributed by atoms with Crippen molar-refractivity contribution in [3.8, 4) is 11.3 Å². The zero-order valence-corrected chi connectivity index (χ0v) is 19.8. The summed E-state index contributed by atoms with van der Waals surface area (Å²) in [4.78, 5) is 20.4. The highest BCUT2D eigenvalue weighted by atomic mass is 32.2. The number of carbonyl (C=O) groups excluding carboxylic acids is 1. The van der Waals surface area contributed by atoms with Crippen molar-refractivity contribution in [2.24, 2.45) is 0 Å². The van der Waals surface area contributed by atoms with Gasteiger partial charge in [-0.2, -0.15) is 4.31 Å². The van der Waals surface area contributed by atoms with Crippen molar-refractivity contribution in [1.82, 2.24) is 19.3 Å². The summed E-state index contributed by atoms with van der Waals surface area (Å²) < 4.78 is 33.0. The van der Waals surface area contributed by atoms with Crippen LogP contribution in [0.2, 0.25) is 0 Å². The van der Waals surface area contributed by atoms with E-state index < -0.39 is 10.0 Å². The van der Waals surface area contributed by atoms with Gasteiger partial charge in [0, 0.05) is 43.4 Å². The zero-order valence-electron chi connectivity index (χ0n) is 19.0. The molecule has 4 aromatic rings. The molecule has 6 rings (SSSR count). The standard InChI is InChI=1S/C26H24N4O4S/c31-26(29-13-15-30(16-14-29)35(32,33)20-9-5-2-6-10-20)21-17-22(18-11-12-18)27-25-23(21)24(28-34-25)19-7-3-1-4-8-19/h1-10,17-18H,11-16H2. The second kappa shape index (κ2) is 8.58. The largest absolute Gasteiger partial charge is 0.336 e. The number of carbonyl (C=O) groups is 1. The predicted octanol–water partition coefficient (Wildman–Crippen LogP) is 3.91. The summed E-state index contributed by atoms with van der Waals surface area (Å²) in [5.74, 6) is 0.181. The normalized spacial score (nSPS) is 17.1. The molecule has 3 heterocycles. The maximum atomic E-state index is 13.8. The Bertz CT molecular complexity index is 1490. The number of pyridine rings is 1. The third-order valence-electron chi connectivity index (χ3n) is 6.65. The molecule has 8 nitrogen and oxygen atoms in total. The molecule has 35 heavy (non-hydrogen) atoms. The number of hydrogen-bond donors (Lipinski definition) is 0. The zero-order chi connectivity index (χ0) is 24.0. The summed E-state index contributed by atoms with van der Waals surface area (Å²) in [5, 5.41) is 4.86. The fourth-order valence-electron chi connectivity index (χ4n) is 4.56. The van der Waals surface area contributed by atoms with E-state index in [0.29, 0.717) is 41.4 Å². The van der Waals surface area contributed by atoms with Crippen LogP contribution in [0, 0.1) is 0 Å². The first-order valence-corrected chi connectivity index (χ1v) is 13.2. The van der Waals surface area contributed by atoms with Crippen molar-refractivity contribution < 1.29 is 17.7 Å². The summed E-state index contributed by atoms with van der Waals surface area (Å²) in [6, 6.07) is 19.9. The van der Waals surface area contributed by atoms with Crippen LogP contribution in [0.1, 0.15) is 34.8 Å². The van der Waals surface area contributed by atoms with Gasteiger partial charge in [-0.25, -0.2) is 13.4 Å². The van der Waals surface area contributed by atoms with Crippen molar-refractivity contribution in [1.29, 1.82) is 0 Å². The number of sulfonamides is 1. The summed E-state index contributed by atoms with van der Waals surface area (Å²) in [5.41, 5.74) is 3.16. The summed E-state index contributed by atoms with van der Waals surface area (Å²) in [7, 11) is -3.59. The van der Waals surface area contributed by atoms with Gasteiger partial charge in [-0.3, -0.25) is 4.79 Å². The third-order valence-corrected chi connectivity index (χ3v) is 8.56. The van der Waals surface area contributed by atoms with Gasteiger partial charge in [0.2, 0.25) is 10.0 Å². The Morgan fingerprint density at radius 3 is 2.23 bits per heavy atom. The Labute approximate surface area is 203 Å². The van der Waals surface area contributed by atoms with Crippen molar-refractivity contribution in [3.05, 3.63) is 78.0 Å². The fraction of sp³-hybridized carbons (Fsp3) is 0.269. The molecular formula is C26H24N4O4S. The Morgan fingerprint density at radius 2 is 1.57 bits per heavy atom. The molecule has 9 heteroatoms. The first-order chi connectivity index (χ1) is 17.0. The van der Waals surface area contributed by atoms with E-state index in [1.165, 1.54) is 4.31 Å². The quantitative estimate of drug-likeness (QED) is 0.423. The fourth-order valence-corrected chi connectivity index (χ4v) is 6.01. The van der Waals surface area contributed by atoms with Gasteiger partial charge in [-0.1, -0.05) is 53.7 Å². The minimum Gasteiger partial charge on any atom is -0.336 e. The second-order valence-electron chi connectivity index (χ2n) is 8.96. The number of amides is 1. The van der Waals surface area contributed by atoms with Crippen LogP contribution in [0.3, 0.4) is 0 Å². The average Bonchev–Trinajstić information content (AvgIpc) is 3.68. The highest BCUT2D eigenvalue weighted by molar-refractivity contribution is 7.89. The molecule has 0 radical (unpaired) electrons. The van der Waals surface area contributed by atoms with Crippen LogP contribution in [0.5, 0.6) is 0 Å². The Hall–Kier alpha value is -3.56. The van der Waals surface area contributed by atoms with Crippen LogP contribution in [0.4, 0.5) is 0 Å². The second-order valence-corrected chi connectivity index (χ2v) is 10.9. The molecule has 2 aliphatic rings. The van der Waals surface area contributed by atoms with E-state index in [-0.39, 0.29) is 23.9 Å². The summed E-state index contributed by atoms with van der Waals surface area (Å²) in [6.07, 6.45) is 2.09. The first kappa shape index (κ1) is 21.9. The Morgan fingerprint density at radius 1 is 0.914 bits per heavy atom. The third kappa shape index (κ3) is 4.00. The average molecular weight is 489 g/mol. The number of benzene rings is 2. The van der Waals surface area contributed by atoms with E-state index in [2.05, 4.69) is 10.1 Å². The number of piperazine rings is 1.